The van der Waals surface area contributed by atoms with E-state index in [9.17, 15) is 0 Å². The van der Waals surface area contributed by atoms with Crippen molar-refractivity contribution < 1.29 is 9.47 Å². The summed E-state index contributed by atoms with van der Waals surface area (Å²) in [5.74, 6) is 1.58. The molecule has 1 aromatic carbocycles. The molecule has 0 atom stereocenters. The zero-order valence-electron chi connectivity index (χ0n) is 10.7. The van der Waals surface area contributed by atoms with Gasteiger partial charge in [0.05, 0.1) is 13.2 Å². The van der Waals surface area contributed by atoms with E-state index in [0.717, 1.165) is 27.7 Å². The smallest absolute Gasteiger partial charge is 0.162 e. The molecule has 0 saturated heterocycles. The van der Waals surface area contributed by atoms with Gasteiger partial charge >= 0.3 is 0 Å². The molecular formula is C15H12N2O2S. The molecule has 100 valence electrons. The summed E-state index contributed by atoms with van der Waals surface area (Å²) < 4.78 is 11.3. The molecular weight excluding hydrogens is 272 g/mol. The molecule has 5 heteroatoms. The quantitative estimate of drug-likeness (QED) is 0.847. The highest BCUT2D eigenvalue weighted by Gasteiger charge is 2.11. The zero-order chi connectivity index (χ0) is 13.8. The van der Waals surface area contributed by atoms with Gasteiger partial charge in [-0.15, -0.1) is 0 Å². The Hall–Kier alpha value is -2.19. The maximum absolute atomic E-state index is 8.73. The first-order chi connectivity index (χ1) is 9.85. The van der Waals surface area contributed by atoms with E-state index in [1.54, 1.807) is 24.0 Å². The second-order valence-electron chi connectivity index (χ2n) is 4.25. The van der Waals surface area contributed by atoms with Crippen LogP contribution in [0.25, 0.3) is 0 Å². The third-order valence-electron chi connectivity index (χ3n) is 2.81. The molecule has 0 radical (unpaired) electrons. The standard InChI is InChI=1S/C15H12N2O2S/c16-9-11-2-3-13(10-17-11)20-12-4-5-14-15(8-12)19-7-1-6-18-14/h2-5,8,10H,1,6-7H2. The summed E-state index contributed by atoms with van der Waals surface area (Å²) in [6.07, 6.45) is 2.60. The molecule has 1 aromatic heterocycles. The highest BCUT2D eigenvalue weighted by Crippen LogP contribution is 2.36. The van der Waals surface area contributed by atoms with Gasteiger partial charge in [0.2, 0.25) is 0 Å². The van der Waals surface area contributed by atoms with Crippen LogP contribution in [0, 0.1) is 11.3 Å². The second-order valence-corrected chi connectivity index (χ2v) is 5.40. The van der Waals surface area contributed by atoms with Crippen molar-refractivity contribution in [2.24, 2.45) is 0 Å². The first kappa shape index (κ1) is 12.8. The van der Waals surface area contributed by atoms with Gasteiger partial charge in [0.1, 0.15) is 11.8 Å². The van der Waals surface area contributed by atoms with E-state index >= 15 is 0 Å². The molecule has 0 spiro atoms. The largest absolute Gasteiger partial charge is 0.490 e. The molecule has 0 amide bonds. The van der Waals surface area contributed by atoms with Crippen LogP contribution in [0.4, 0.5) is 0 Å². The monoisotopic (exact) mass is 284 g/mol. The minimum absolute atomic E-state index is 0.424. The van der Waals surface area contributed by atoms with E-state index < -0.39 is 0 Å². The van der Waals surface area contributed by atoms with Gasteiger partial charge in [-0.2, -0.15) is 5.26 Å². The Labute approximate surface area is 121 Å². The average molecular weight is 284 g/mol. The molecule has 2 heterocycles. The summed E-state index contributed by atoms with van der Waals surface area (Å²) in [7, 11) is 0. The number of fused-ring (bicyclic) bond motifs is 1. The summed E-state index contributed by atoms with van der Waals surface area (Å²) in [6, 6.07) is 11.5. The zero-order valence-corrected chi connectivity index (χ0v) is 11.5. The highest BCUT2D eigenvalue weighted by molar-refractivity contribution is 7.99. The van der Waals surface area contributed by atoms with Gasteiger partial charge in [-0.05, 0) is 30.3 Å². The van der Waals surface area contributed by atoms with Crippen molar-refractivity contribution in [3.05, 3.63) is 42.2 Å². The van der Waals surface area contributed by atoms with Crippen molar-refractivity contribution in [2.45, 2.75) is 16.2 Å². The lowest BCUT2D eigenvalue weighted by molar-refractivity contribution is 0.297. The van der Waals surface area contributed by atoms with Crippen LogP contribution >= 0.6 is 11.8 Å². The molecule has 4 nitrogen and oxygen atoms in total. The molecule has 3 rings (SSSR count). The number of nitriles is 1. The minimum Gasteiger partial charge on any atom is -0.490 e. The van der Waals surface area contributed by atoms with E-state index in [-0.39, 0.29) is 0 Å². The molecule has 0 unspecified atom stereocenters. The summed E-state index contributed by atoms with van der Waals surface area (Å²) in [6.45, 7) is 1.37. The van der Waals surface area contributed by atoms with Crippen LogP contribution in [0.5, 0.6) is 11.5 Å². The maximum Gasteiger partial charge on any atom is 0.162 e. The van der Waals surface area contributed by atoms with Crippen LogP contribution in [0.1, 0.15) is 12.1 Å². The van der Waals surface area contributed by atoms with Crippen molar-refractivity contribution in [1.29, 1.82) is 5.26 Å². The van der Waals surface area contributed by atoms with Gasteiger partial charge in [0.25, 0.3) is 0 Å². The predicted octanol–water partition coefficient (Wildman–Crippen LogP) is 3.27. The summed E-state index contributed by atoms with van der Waals surface area (Å²) in [4.78, 5) is 6.10. The maximum atomic E-state index is 8.73. The van der Waals surface area contributed by atoms with Crippen LogP contribution in [-0.4, -0.2) is 18.2 Å². The SMILES string of the molecule is N#Cc1ccc(Sc2ccc3c(c2)OCCCO3)cn1. The van der Waals surface area contributed by atoms with Crippen LogP contribution < -0.4 is 9.47 Å². The van der Waals surface area contributed by atoms with Crippen molar-refractivity contribution >= 4 is 11.8 Å². The number of aromatic nitrogens is 1. The normalized spacial score (nSPS) is 13.3. The van der Waals surface area contributed by atoms with Gasteiger partial charge in [-0.3, -0.25) is 0 Å². The van der Waals surface area contributed by atoms with Crippen LogP contribution in [0.3, 0.4) is 0 Å². The molecule has 1 aliphatic heterocycles. The first-order valence-corrected chi connectivity index (χ1v) is 7.10. The van der Waals surface area contributed by atoms with E-state index in [0.29, 0.717) is 18.9 Å². The molecule has 0 fully saturated rings. The van der Waals surface area contributed by atoms with Crippen molar-refractivity contribution in [1.82, 2.24) is 4.98 Å². The summed E-state index contributed by atoms with van der Waals surface area (Å²) >= 11 is 1.58. The lowest BCUT2D eigenvalue weighted by atomic mass is 10.3. The Kier molecular flexibility index (Phi) is 3.75. The fourth-order valence-electron chi connectivity index (χ4n) is 1.85. The average Bonchev–Trinajstić information content (AvgIpc) is 2.73. The molecule has 1 aliphatic rings. The summed E-state index contributed by atoms with van der Waals surface area (Å²) in [5, 5.41) is 8.73. The van der Waals surface area contributed by atoms with Gasteiger partial charge in [-0.1, -0.05) is 11.8 Å². The van der Waals surface area contributed by atoms with E-state index in [2.05, 4.69) is 4.98 Å². The van der Waals surface area contributed by atoms with Gasteiger partial charge < -0.3 is 9.47 Å². The van der Waals surface area contributed by atoms with Crippen molar-refractivity contribution in [3.63, 3.8) is 0 Å². The van der Waals surface area contributed by atoms with Crippen molar-refractivity contribution in [2.75, 3.05) is 13.2 Å². The second kappa shape index (κ2) is 5.85. The van der Waals surface area contributed by atoms with Crippen LogP contribution in [-0.2, 0) is 0 Å². The van der Waals surface area contributed by atoms with Crippen LogP contribution in [0.15, 0.2) is 46.3 Å². The molecule has 2 aromatic rings. The van der Waals surface area contributed by atoms with Crippen LogP contribution in [0.2, 0.25) is 0 Å². The van der Waals surface area contributed by atoms with E-state index in [1.165, 1.54) is 0 Å². The van der Waals surface area contributed by atoms with Gasteiger partial charge in [-0.25, -0.2) is 4.98 Å². The molecule has 0 bridgehead atoms. The highest BCUT2D eigenvalue weighted by atomic mass is 32.2. The molecule has 0 saturated carbocycles. The Morgan fingerprint density at radius 3 is 2.60 bits per heavy atom. The van der Waals surface area contributed by atoms with Gasteiger partial charge in [0, 0.05) is 22.4 Å². The fraction of sp³-hybridized carbons (Fsp3) is 0.200. The number of hydrogen-bond donors (Lipinski definition) is 0. The Morgan fingerprint density at radius 1 is 1.05 bits per heavy atom. The number of ether oxygens (including phenoxy) is 2. The lowest BCUT2D eigenvalue weighted by Gasteiger charge is -2.09. The number of benzene rings is 1. The third kappa shape index (κ3) is 2.86. The number of nitrogens with zero attached hydrogens (tertiary/aromatic N) is 2. The Morgan fingerprint density at radius 2 is 1.85 bits per heavy atom. The first-order valence-electron chi connectivity index (χ1n) is 6.29. The lowest BCUT2D eigenvalue weighted by Crippen LogP contribution is -1.97. The predicted molar refractivity (Wildman–Crippen MR) is 75.1 cm³/mol. The Balaban J connectivity index is 1.80. The summed E-state index contributed by atoms with van der Waals surface area (Å²) in [5.41, 5.74) is 0.424. The molecule has 0 N–H and O–H groups in total. The van der Waals surface area contributed by atoms with E-state index in [1.807, 2.05) is 30.3 Å². The molecule has 0 aliphatic carbocycles. The number of pyridine rings is 1. The fourth-order valence-corrected chi connectivity index (χ4v) is 2.67. The number of rotatable bonds is 2. The Bertz CT molecular complexity index is 650. The minimum atomic E-state index is 0.424. The van der Waals surface area contributed by atoms with Crippen molar-refractivity contribution in [3.8, 4) is 17.6 Å². The number of hydrogen-bond acceptors (Lipinski definition) is 5. The van der Waals surface area contributed by atoms with Gasteiger partial charge in [0.15, 0.2) is 11.5 Å². The molecule has 20 heavy (non-hydrogen) atoms. The topological polar surface area (TPSA) is 55.1 Å². The van der Waals surface area contributed by atoms with E-state index in [4.69, 9.17) is 14.7 Å². The third-order valence-corrected chi connectivity index (χ3v) is 3.77.